The fourth-order valence-electron chi connectivity index (χ4n) is 1.37. The Labute approximate surface area is 106 Å². The third-order valence-electron chi connectivity index (χ3n) is 1.96. The van der Waals surface area contributed by atoms with Gasteiger partial charge in [0.2, 0.25) is 0 Å². The normalized spacial score (nSPS) is 12.2. The topological polar surface area (TPSA) is 35.2 Å². The molecule has 88 valence electrons. The Kier molecular flexibility index (Phi) is 5.13. The summed E-state index contributed by atoms with van der Waals surface area (Å²) in [5.41, 5.74) is 6.74. The third kappa shape index (κ3) is 4.05. The largest absolute Gasteiger partial charge is 0.486 e. The summed E-state index contributed by atoms with van der Waals surface area (Å²) in [4.78, 5) is 0. The number of rotatable bonds is 5. The Morgan fingerprint density at radius 2 is 2.25 bits per heavy atom. The molecule has 16 heavy (non-hydrogen) atoms. The van der Waals surface area contributed by atoms with E-state index in [1.807, 2.05) is 19.1 Å². The smallest absolute Gasteiger partial charge is 0.141 e. The Morgan fingerprint density at radius 1 is 1.56 bits per heavy atom. The van der Waals surface area contributed by atoms with Gasteiger partial charge in [-0.2, -0.15) is 0 Å². The molecule has 0 aliphatic carbocycles. The summed E-state index contributed by atoms with van der Waals surface area (Å²) >= 11 is 11.7. The second-order valence-electron chi connectivity index (χ2n) is 3.72. The summed E-state index contributed by atoms with van der Waals surface area (Å²) in [6.07, 6.45) is 0.713. The lowest BCUT2D eigenvalue weighted by atomic mass is 10.1. The van der Waals surface area contributed by atoms with Crippen LogP contribution in [0.15, 0.2) is 29.8 Å². The second kappa shape index (κ2) is 6.14. The summed E-state index contributed by atoms with van der Waals surface area (Å²) in [5.74, 6) is 0.642. The zero-order valence-electron chi connectivity index (χ0n) is 9.17. The SMILES string of the molecule is C=C(Cl)COc1c(Cl)cccc1CC(C)N. The lowest BCUT2D eigenvalue weighted by molar-refractivity contribution is 0.355. The first-order valence-electron chi connectivity index (χ1n) is 4.99. The van der Waals surface area contributed by atoms with Crippen molar-refractivity contribution in [3.8, 4) is 5.75 Å². The summed E-state index contributed by atoms with van der Waals surface area (Å²) < 4.78 is 5.51. The fourth-order valence-corrected chi connectivity index (χ4v) is 1.68. The van der Waals surface area contributed by atoms with E-state index in [0.29, 0.717) is 22.2 Å². The van der Waals surface area contributed by atoms with E-state index in [9.17, 15) is 0 Å². The maximum atomic E-state index is 6.06. The van der Waals surface area contributed by atoms with Crippen LogP contribution >= 0.6 is 23.2 Å². The average molecular weight is 260 g/mol. The van der Waals surface area contributed by atoms with Crippen molar-refractivity contribution >= 4 is 23.2 Å². The van der Waals surface area contributed by atoms with E-state index in [2.05, 4.69) is 6.58 Å². The molecule has 0 saturated heterocycles. The second-order valence-corrected chi connectivity index (χ2v) is 4.66. The van der Waals surface area contributed by atoms with Crippen molar-refractivity contribution in [1.29, 1.82) is 0 Å². The van der Waals surface area contributed by atoms with E-state index in [1.54, 1.807) is 6.07 Å². The number of nitrogens with two attached hydrogens (primary N) is 1. The van der Waals surface area contributed by atoms with Crippen molar-refractivity contribution in [3.05, 3.63) is 40.4 Å². The van der Waals surface area contributed by atoms with E-state index >= 15 is 0 Å². The van der Waals surface area contributed by atoms with Crippen LogP contribution in [-0.2, 0) is 6.42 Å². The first kappa shape index (κ1) is 13.4. The molecular weight excluding hydrogens is 245 g/mol. The Balaban J connectivity index is 2.89. The third-order valence-corrected chi connectivity index (χ3v) is 2.37. The molecule has 0 aliphatic heterocycles. The molecule has 2 N–H and O–H groups in total. The molecule has 1 unspecified atom stereocenters. The van der Waals surface area contributed by atoms with Crippen molar-refractivity contribution < 1.29 is 4.74 Å². The molecule has 1 aromatic rings. The van der Waals surface area contributed by atoms with Gasteiger partial charge in [0.05, 0.1) is 5.02 Å². The minimum Gasteiger partial charge on any atom is -0.486 e. The highest BCUT2D eigenvalue weighted by molar-refractivity contribution is 6.32. The summed E-state index contributed by atoms with van der Waals surface area (Å²) in [5, 5.41) is 1.00. The number of halogens is 2. The Bertz CT molecular complexity index is 377. The fraction of sp³-hybridized carbons (Fsp3) is 0.333. The highest BCUT2D eigenvalue weighted by Crippen LogP contribution is 2.29. The number of hydrogen-bond acceptors (Lipinski definition) is 2. The molecule has 0 spiro atoms. The highest BCUT2D eigenvalue weighted by Gasteiger charge is 2.10. The Hall–Kier alpha value is -0.700. The minimum absolute atomic E-state index is 0.0556. The zero-order valence-corrected chi connectivity index (χ0v) is 10.7. The molecular formula is C12H15Cl2NO. The molecule has 0 heterocycles. The van der Waals surface area contributed by atoms with Gasteiger partial charge in [-0.1, -0.05) is 41.9 Å². The van der Waals surface area contributed by atoms with E-state index in [1.165, 1.54) is 0 Å². The molecule has 4 heteroatoms. The predicted molar refractivity (Wildman–Crippen MR) is 69.3 cm³/mol. The Morgan fingerprint density at radius 3 is 2.81 bits per heavy atom. The van der Waals surface area contributed by atoms with Crippen molar-refractivity contribution in [3.63, 3.8) is 0 Å². The van der Waals surface area contributed by atoms with Gasteiger partial charge in [-0.15, -0.1) is 0 Å². The van der Waals surface area contributed by atoms with Crippen LogP contribution in [0.2, 0.25) is 5.02 Å². The summed E-state index contributed by atoms with van der Waals surface area (Å²) in [7, 11) is 0. The van der Waals surface area contributed by atoms with Crippen LogP contribution in [0.5, 0.6) is 5.75 Å². The molecule has 0 fully saturated rings. The summed E-state index contributed by atoms with van der Waals surface area (Å²) in [6.45, 7) is 5.75. The molecule has 0 saturated carbocycles. The van der Waals surface area contributed by atoms with Gasteiger partial charge in [0, 0.05) is 11.1 Å². The van der Waals surface area contributed by atoms with Gasteiger partial charge in [-0.05, 0) is 25.0 Å². The number of hydrogen-bond donors (Lipinski definition) is 1. The molecule has 1 rings (SSSR count). The van der Waals surface area contributed by atoms with E-state index in [0.717, 1.165) is 5.56 Å². The first-order valence-corrected chi connectivity index (χ1v) is 5.75. The van der Waals surface area contributed by atoms with Crippen molar-refractivity contribution in [1.82, 2.24) is 0 Å². The van der Waals surface area contributed by atoms with Gasteiger partial charge in [0.25, 0.3) is 0 Å². The summed E-state index contributed by atoms with van der Waals surface area (Å²) in [6, 6.07) is 5.66. The van der Waals surface area contributed by atoms with Crippen LogP contribution in [0.4, 0.5) is 0 Å². The molecule has 1 aromatic carbocycles. The highest BCUT2D eigenvalue weighted by atomic mass is 35.5. The average Bonchev–Trinajstić information content (AvgIpc) is 2.15. The van der Waals surface area contributed by atoms with Crippen LogP contribution in [0.25, 0.3) is 0 Å². The van der Waals surface area contributed by atoms with Crippen LogP contribution < -0.4 is 10.5 Å². The van der Waals surface area contributed by atoms with Crippen LogP contribution in [0, 0.1) is 0 Å². The van der Waals surface area contributed by atoms with Crippen molar-refractivity contribution in [2.45, 2.75) is 19.4 Å². The van der Waals surface area contributed by atoms with Gasteiger partial charge in [0.1, 0.15) is 12.4 Å². The molecule has 0 amide bonds. The molecule has 0 bridgehead atoms. The van der Waals surface area contributed by atoms with Crippen molar-refractivity contribution in [2.24, 2.45) is 5.73 Å². The van der Waals surface area contributed by atoms with E-state index < -0.39 is 0 Å². The van der Waals surface area contributed by atoms with E-state index in [4.69, 9.17) is 33.7 Å². The number of para-hydroxylation sites is 1. The van der Waals surface area contributed by atoms with Crippen LogP contribution in [0.1, 0.15) is 12.5 Å². The maximum absolute atomic E-state index is 6.06. The van der Waals surface area contributed by atoms with Crippen molar-refractivity contribution in [2.75, 3.05) is 6.61 Å². The molecule has 0 aromatic heterocycles. The maximum Gasteiger partial charge on any atom is 0.141 e. The molecule has 1 atom stereocenters. The van der Waals surface area contributed by atoms with Crippen LogP contribution in [-0.4, -0.2) is 12.6 Å². The monoisotopic (exact) mass is 259 g/mol. The zero-order chi connectivity index (χ0) is 12.1. The minimum atomic E-state index is 0.0556. The van der Waals surface area contributed by atoms with Gasteiger partial charge in [-0.25, -0.2) is 0 Å². The van der Waals surface area contributed by atoms with Gasteiger partial charge in [-0.3, -0.25) is 0 Å². The predicted octanol–water partition coefficient (Wildman–Crippen LogP) is 3.36. The lowest BCUT2D eigenvalue weighted by Crippen LogP contribution is -2.18. The van der Waals surface area contributed by atoms with Gasteiger partial charge in [0.15, 0.2) is 0 Å². The van der Waals surface area contributed by atoms with Crippen LogP contribution in [0.3, 0.4) is 0 Å². The quantitative estimate of drug-likeness (QED) is 0.881. The molecule has 2 nitrogen and oxygen atoms in total. The standard InChI is InChI=1S/C12H15Cl2NO/c1-8(13)7-16-12-10(6-9(2)15)4-3-5-11(12)14/h3-5,9H,1,6-7,15H2,2H3. The molecule has 0 aliphatic rings. The van der Waals surface area contributed by atoms with E-state index in [-0.39, 0.29) is 12.6 Å². The number of ether oxygens (including phenoxy) is 1. The van der Waals surface area contributed by atoms with Gasteiger partial charge >= 0.3 is 0 Å². The lowest BCUT2D eigenvalue weighted by Gasteiger charge is -2.14. The van der Waals surface area contributed by atoms with Gasteiger partial charge < -0.3 is 10.5 Å². The number of benzene rings is 1. The molecule has 0 radical (unpaired) electrons. The first-order chi connectivity index (χ1) is 7.50.